The van der Waals surface area contributed by atoms with E-state index in [1.807, 2.05) is 36.4 Å². The lowest BCUT2D eigenvalue weighted by atomic mass is 10.0. The molecule has 0 amide bonds. The second-order valence-corrected chi connectivity index (χ2v) is 5.54. The maximum atomic E-state index is 6.29. The molecule has 1 aromatic heterocycles. The van der Waals surface area contributed by atoms with Crippen LogP contribution in [0.25, 0.3) is 33.4 Å². The van der Waals surface area contributed by atoms with Crippen LogP contribution in [0.15, 0.2) is 83.3 Å². The van der Waals surface area contributed by atoms with Crippen molar-refractivity contribution >= 4 is 10.8 Å². The molecule has 0 saturated carbocycles. The van der Waals surface area contributed by atoms with Crippen LogP contribution >= 0.6 is 0 Å². The van der Waals surface area contributed by atoms with E-state index in [1.165, 1.54) is 10.9 Å². The largest absolute Gasteiger partial charge is 0.455 e. The molecule has 4 rings (SSSR count). The number of fused-ring (bicyclic) bond motifs is 1. The molecule has 0 radical (unpaired) electrons. The van der Waals surface area contributed by atoms with Crippen LogP contribution in [0, 0.1) is 6.92 Å². The average Bonchev–Trinajstić information content (AvgIpc) is 2.95. The fourth-order valence-electron chi connectivity index (χ4n) is 2.86. The van der Waals surface area contributed by atoms with Gasteiger partial charge in [0.25, 0.3) is 0 Å². The van der Waals surface area contributed by atoms with Gasteiger partial charge in [0.05, 0.1) is 0 Å². The fourth-order valence-corrected chi connectivity index (χ4v) is 2.86. The monoisotopic (exact) mass is 284 g/mol. The third-order valence-corrected chi connectivity index (χ3v) is 3.94. The number of benzene rings is 3. The molecule has 106 valence electrons. The van der Waals surface area contributed by atoms with Crippen LogP contribution < -0.4 is 0 Å². The van der Waals surface area contributed by atoms with Gasteiger partial charge in [0.2, 0.25) is 0 Å². The molecule has 1 heteroatoms. The van der Waals surface area contributed by atoms with Gasteiger partial charge in [-0.3, -0.25) is 0 Å². The Bertz CT molecular complexity index is 918. The first-order valence-electron chi connectivity index (χ1n) is 7.47. The van der Waals surface area contributed by atoms with Gasteiger partial charge in [0, 0.05) is 21.9 Å². The molecular formula is C21H16O. The predicted octanol–water partition coefficient (Wildman–Crippen LogP) is 6.08. The van der Waals surface area contributed by atoms with Gasteiger partial charge < -0.3 is 4.42 Å². The third-order valence-electron chi connectivity index (χ3n) is 3.94. The average molecular weight is 284 g/mol. The Kier molecular flexibility index (Phi) is 3.05. The van der Waals surface area contributed by atoms with Crippen LogP contribution in [-0.4, -0.2) is 0 Å². The Labute approximate surface area is 129 Å². The summed E-state index contributed by atoms with van der Waals surface area (Å²) in [5, 5.41) is 2.33. The minimum atomic E-state index is 0.939. The van der Waals surface area contributed by atoms with Crippen molar-refractivity contribution in [1.82, 2.24) is 0 Å². The summed E-state index contributed by atoms with van der Waals surface area (Å²) >= 11 is 0. The highest BCUT2D eigenvalue weighted by Gasteiger charge is 2.15. The summed E-state index contributed by atoms with van der Waals surface area (Å²) in [5.74, 6) is 1.88. The van der Waals surface area contributed by atoms with Gasteiger partial charge >= 0.3 is 0 Å². The van der Waals surface area contributed by atoms with E-state index in [0.29, 0.717) is 0 Å². The zero-order valence-corrected chi connectivity index (χ0v) is 12.4. The molecule has 0 atom stereocenters. The first kappa shape index (κ1) is 12.9. The fraction of sp³-hybridized carbons (Fsp3) is 0.0476. The molecule has 3 aromatic carbocycles. The molecule has 0 aliphatic heterocycles. The number of furan rings is 1. The van der Waals surface area contributed by atoms with Crippen LogP contribution in [-0.2, 0) is 0 Å². The number of hydrogen-bond donors (Lipinski definition) is 0. The molecule has 0 fully saturated rings. The van der Waals surface area contributed by atoms with Crippen LogP contribution in [0.5, 0.6) is 0 Å². The Morgan fingerprint density at radius 3 is 1.73 bits per heavy atom. The lowest BCUT2D eigenvalue weighted by molar-refractivity contribution is 0.602. The van der Waals surface area contributed by atoms with Crippen molar-refractivity contribution in [1.29, 1.82) is 0 Å². The first-order valence-corrected chi connectivity index (χ1v) is 7.47. The van der Waals surface area contributed by atoms with E-state index in [-0.39, 0.29) is 0 Å². The van der Waals surface area contributed by atoms with E-state index < -0.39 is 0 Å². The molecule has 1 heterocycles. The van der Waals surface area contributed by atoms with Crippen molar-refractivity contribution < 1.29 is 4.42 Å². The molecule has 0 saturated heterocycles. The van der Waals surface area contributed by atoms with Crippen molar-refractivity contribution in [3.05, 3.63) is 84.4 Å². The summed E-state index contributed by atoms with van der Waals surface area (Å²) in [6.45, 7) is 2.11. The summed E-state index contributed by atoms with van der Waals surface area (Å²) in [6, 6.07) is 27.1. The van der Waals surface area contributed by atoms with Gasteiger partial charge in [0.15, 0.2) is 0 Å². The van der Waals surface area contributed by atoms with Gasteiger partial charge in [0.1, 0.15) is 11.5 Å². The van der Waals surface area contributed by atoms with Crippen molar-refractivity contribution in [2.75, 3.05) is 0 Å². The van der Waals surface area contributed by atoms with E-state index in [2.05, 4.69) is 49.4 Å². The normalized spacial score (nSPS) is 11.0. The quantitative estimate of drug-likeness (QED) is 0.435. The van der Waals surface area contributed by atoms with Crippen LogP contribution in [0.2, 0.25) is 0 Å². The highest BCUT2D eigenvalue weighted by molar-refractivity contribution is 6.02. The van der Waals surface area contributed by atoms with E-state index in [0.717, 1.165) is 28.0 Å². The minimum Gasteiger partial charge on any atom is -0.455 e. The molecule has 22 heavy (non-hydrogen) atoms. The van der Waals surface area contributed by atoms with Crippen LogP contribution in [0.1, 0.15) is 5.56 Å². The van der Waals surface area contributed by atoms with Crippen molar-refractivity contribution in [2.45, 2.75) is 6.92 Å². The molecule has 0 spiro atoms. The highest BCUT2D eigenvalue weighted by atomic mass is 16.3. The van der Waals surface area contributed by atoms with Gasteiger partial charge in [-0.2, -0.15) is 0 Å². The number of rotatable bonds is 2. The summed E-state index contributed by atoms with van der Waals surface area (Å²) in [7, 11) is 0. The summed E-state index contributed by atoms with van der Waals surface area (Å²) < 4.78 is 6.29. The van der Waals surface area contributed by atoms with Gasteiger partial charge in [-0.05, 0) is 13.0 Å². The van der Waals surface area contributed by atoms with Crippen molar-refractivity contribution in [3.63, 3.8) is 0 Å². The predicted molar refractivity (Wildman–Crippen MR) is 91.8 cm³/mol. The Morgan fingerprint density at radius 1 is 0.591 bits per heavy atom. The molecule has 0 N–H and O–H groups in total. The minimum absolute atomic E-state index is 0.939. The van der Waals surface area contributed by atoms with E-state index in [9.17, 15) is 0 Å². The first-order chi connectivity index (χ1) is 10.8. The van der Waals surface area contributed by atoms with Crippen molar-refractivity contribution in [2.24, 2.45) is 0 Å². The smallest absolute Gasteiger partial charge is 0.142 e. The van der Waals surface area contributed by atoms with E-state index >= 15 is 0 Å². The van der Waals surface area contributed by atoms with Gasteiger partial charge in [-0.15, -0.1) is 0 Å². The lowest BCUT2D eigenvalue weighted by Crippen LogP contribution is -1.76. The third kappa shape index (κ3) is 2.11. The van der Waals surface area contributed by atoms with Gasteiger partial charge in [-0.1, -0.05) is 78.4 Å². The Morgan fingerprint density at radius 2 is 1.14 bits per heavy atom. The van der Waals surface area contributed by atoms with Crippen LogP contribution in [0.3, 0.4) is 0 Å². The molecular weight excluding hydrogens is 268 g/mol. The molecule has 0 unspecified atom stereocenters. The maximum absolute atomic E-state index is 6.29. The topological polar surface area (TPSA) is 13.1 Å². The Balaban J connectivity index is 2.04. The van der Waals surface area contributed by atoms with E-state index in [1.54, 1.807) is 0 Å². The Hall–Kier alpha value is -2.80. The van der Waals surface area contributed by atoms with E-state index in [4.69, 9.17) is 4.42 Å². The summed E-state index contributed by atoms with van der Waals surface area (Å²) in [6.07, 6.45) is 0. The second kappa shape index (κ2) is 5.19. The zero-order chi connectivity index (χ0) is 14.9. The molecule has 1 nitrogen and oxygen atoms in total. The van der Waals surface area contributed by atoms with Gasteiger partial charge in [-0.25, -0.2) is 0 Å². The SMILES string of the molecule is Cc1ccc2c(-c3ccccc3)oc(-c3ccccc3)c2c1. The van der Waals surface area contributed by atoms with Crippen LogP contribution in [0.4, 0.5) is 0 Å². The molecule has 0 aliphatic carbocycles. The number of aryl methyl sites for hydroxylation is 1. The number of hydrogen-bond acceptors (Lipinski definition) is 1. The zero-order valence-electron chi connectivity index (χ0n) is 12.4. The van der Waals surface area contributed by atoms with Crippen molar-refractivity contribution in [3.8, 4) is 22.6 Å². The highest BCUT2D eigenvalue weighted by Crippen LogP contribution is 2.39. The standard InChI is InChI=1S/C21H16O/c1-15-12-13-18-19(14-15)21(17-10-6-3-7-11-17)22-20(18)16-8-4-2-5-9-16/h2-14H,1H3. The molecule has 4 aromatic rings. The summed E-state index contributed by atoms with van der Waals surface area (Å²) in [4.78, 5) is 0. The maximum Gasteiger partial charge on any atom is 0.142 e. The molecule has 0 bridgehead atoms. The lowest BCUT2D eigenvalue weighted by Gasteiger charge is -1.98. The second-order valence-electron chi connectivity index (χ2n) is 5.54. The summed E-state index contributed by atoms with van der Waals surface area (Å²) in [5.41, 5.74) is 3.46. The molecule has 0 aliphatic rings.